The van der Waals surface area contributed by atoms with Crippen LogP contribution in [0, 0.1) is 0 Å². The highest BCUT2D eigenvalue weighted by Crippen LogP contribution is 2.31. The topological polar surface area (TPSA) is 136 Å². The molecule has 0 aliphatic rings. The molecule has 156 valence electrons. The number of benzene rings is 2. The van der Waals surface area contributed by atoms with E-state index in [1.54, 1.807) is 25.3 Å². The van der Waals surface area contributed by atoms with Gasteiger partial charge in [-0.1, -0.05) is 5.16 Å². The van der Waals surface area contributed by atoms with Crippen LogP contribution in [0.5, 0.6) is 17.2 Å². The molecule has 0 fully saturated rings. The lowest BCUT2D eigenvalue weighted by Gasteiger charge is -2.07. The summed E-state index contributed by atoms with van der Waals surface area (Å²) in [5.41, 5.74) is 5.96. The van der Waals surface area contributed by atoms with E-state index in [0.29, 0.717) is 34.2 Å². The van der Waals surface area contributed by atoms with Gasteiger partial charge in [-0.15, -0.1) is 0 Å². The van der Waals surface area contributed by atoms with Crippen LogP contribution < -0.4 is 19.9 Å². The van der Waals surface area contributed by atoms with Crippen LogP contribution in [-0.2, 0) is 16.1 Å². The summed E-state index contributed by atoms with van der Waals surface area (Å²) in [5.74, 6) is 0.781. The van der Waals surface area contributed by atoms with E-state index in [9.17, 15) is 9.59 Å². The number of hydrogen-bond donors (Lipinski definition) is 1. The van der Waals surface area contributed by atoms with Gasteiger partial charge < -0.3 is 29.2 Å². The number of amides is 1. The van der Waals surface area contributed by atoms with Gasteiger partial charge in [-0.25, -0.2) is 4.79 Å². The summed E-state index contributed by atoms with van der Waals surface area (Å²) in [5, 5.41) is 3.89. The highest BCUT2D eigenvalue weighted by molar-refractivity contribution is 5.89. The highest BCUT2D eigenvalue weighted by Gasteiger charge is 2.14. The summed E-state index contributed by atoms with van der Waals surface area (Å²) < 4.78 is 25.9. The Morgan fingerprint density at radius 3 is 2.43 bits per heavy atom. The number of methoxy groups -OCH3 is 2. The van der Waals surface area contributed by atoms with Crippen molar-refractivity contribution in [2.24, 2.45) is 5.73 Å². The predicted molar refractivity (Wildman–Crippen MR) is 103 cm³/mol. The van der Waals surface area contributed by atoms with Gasteiger partial charge in [0.25, 0.3) is 11.8 Å². The number of carbonyl (C=O) groups is 2. The second-order valence-corrected chi connectivity index (χ2v) is 5.94. The summed E-state index contributed by atoms with van der Waals surface area (Å²) in [4.78, 5) is 27.1. The van der Waals surface area contributed by atoms with Crippen molar-refractivity contribution in [1.82, 2.24) is 10.1 Å². The summed E-state index contributed by atoms with van der Waals surface area (Å²) in [7, 11) is 3.07. The molecule has 0 saturated carbocycles. The first-order valence-electron chi connectivity index (χ1n) is 8.73. The molecule has 0 bridgehead atoms. The van der Waals surface area contributed by atoms with Crippen molar-refractivity contribution in [3.63, 3.8) is 0 Å². The maximum absolute atomic E-state index is 12.2. The van der Waals surface area contributed by atoms with Gasteiger partial charge in [-0.2, -0.15) is 4.98 Å². The third kappa shape index (κ3) is 5.04. The van der Waals surface area contributed by atoms with Gasteiger partial charge in [0.1, 0.15) is 5.75 Å². The molecule has 3 rings (SSSR count). The second-order valence-electron chi connectivity index (χ2n) is 5.94. The molecule has 0 spiro atoms. The first-order valence-corrected chi connectivity index (χ1v) is 8.73. The molecule has 0 aliphatic heterocycles. The number of aromatic nitrogens is 2. The van der Waals surface area contributed by atoms with Gasteiger partial charge >= 0.3 is 5.97 Å². The quantitative estimate of drug-likeness (QED) is 0.522. The molecular formula is C20H19N3O7. The second kappa shape index (κ2) is 9.41. The van der Waals surface area contributed by atoms with Crippen LogP contribution in [0.25, 0.3) is 11.4 Å². The van der Waals surface area contributed by atoms with Crippen molar-refractivity contribution < 1.29 is 33.1 Å². The third-order valence-corrected chi connectivity index (χ3v) is 3.91. The van der Waals surface area contributed by atoms with E-state index < -0.39 is 11.9 Å². The molecule has 1 amide bonds. The van der Waals surface area contributed by atoms with Crippen LogP contribution in [0.2, 0.25) is 0 Å². The van der Waals surface area contributed by atoms with Crippen molar-refractivity contribution >= 4 is 11.9 Å². The number of nitrogens with zero attached hydrogens (tertiary/aromatic N) is 2. The Labute approximate surface area is 171 Å². The number of rotatable bonds is 9. The van der Waals surface area contributed by atoms with Gasteiger partial charge in [-0.05, 0) is 42.5 Å². The summed E-state index contributed by atoms with van der Waals surface area (Å²) >= 11 is 0. The van der Waals surface area contributed by atoms with E-state index in [2.05, 4.69) is 10.1 Å². The molecule has 3 aromatic rings. The molecule has 1 heterocycles. The van der Waals surface area contributed by atoms with Gasteiger partial charge in [0.2, 0.25) is 5.82 Å². The fourth-order valence-electron chi connectivity index (χ4n) is 2.46. The van der Waals surface area contributed by atoms with E-state index in [-0.39, 0.29) is 19.1 Å². The monoisotopic (exact) mass is 413 g/mol. The van der Waals surface area contributed by atoms with E-state index in [0.717, 1.165) is 0 Å². The van der Waals surface area contributed by atoms with Crippen molar-refractivity contribution in [2.45, 2.75) is 6.61 Å². The minimum absolute atomic E-state index is 0.134. The molecule has 10 heteroatoms. The fourth-order valence-corrected chi connectivity index (χ4v) is 2.46. The summed E-state index contributed by atoms with van der Waals surface area (Å²) in [6.07, 6.45) is 0. The minimum Gasteiger partial charge on any atom is -0.493 e. The van der Waals surface area contributed by atoms with E-state index in [4.69, 9.17) is 29.2 Å². The average molecular weight is 413 g/mol. The van der Waals surface area contributed by atoms with Crippen molar-refractivity contribution in [3.8, 4) is 28.6 Å². The summed E-state index contributed by atoms with van der Waals surface area (Å²) in [6.45, 7) is -0.442. The van der Waals surface area contributed by atoms with Gasteiger partial charge in [-0.3, -0.25) is 4.79 Å². The lowest BCUT2D eigenvalue weighted by molar-refractivity contribution is -0.119. The van der Waals surface area contributed by atoms with E-state index >= 15 is 0 Å². The highest BCUT2D eigenvalue weighted by atomic mass is 16.6. The van der Waals surface area contributed by atoms with Gasteiger partial charge in [0.15, 0.2) is 24.7 Å². The maximum atomic E-state index is 12.2. The Morgan fingerprint density at radius 1 is 1.03 bits per heavy atom. The SMILES string of the molecule is COc1ccc(-c2noc(COC(=O)c3ccc(OCC(N)=O)cc3)n2)cc1OC. The predicted octanol–water partition coefficient (Wildman–Crippen LogP) is 1.97. The van der Waals surface area contributed by atoms with Crippen molar-refractivity contribution in [2.75, 3.05) is 20.8 Å². The van der Waals surface area contributed by atoms with Crippen molar-refractivity contribution in [3.05, 3.63) is 53.9 Å². The lowest BCUT2D eigenvalue weighted by atomic mass is 10.2. The minimum atomic E-state index is -0.592. The zero-order valence-electron chi connectivity index (χ0n) is 16.3. The Hall–Kier alpha value is -4.08. The molecule has 30 heavy (non-hydrogen) atoms. The molecule has 0 radical (unpaired) electrons. The van der Waals surface area contributed by atoms with Crippen LogP contribution >= 0.6 is 0 Å². The van der Waals surface area contributed by atoms with Crippen LogP contribution in [0.4, 0.5) is 0 Å². The Balaban J connectivity index is 1.60. The first kappa shape index (κ1) is 20.6. The summed E-state index contributed by atoms with van der Waals surface area (Å²) in [6, 6.07) is 11.2. The first-order chi connectivity index (χ1) is 14.5. The number of esters is 1. The third-order valence-electron chi connectivity index (χ3n) is 3.91. The van der Waals surface area contributed by atoms with E-state index in [1.165, 1.54) is 31.4 Å². The Morgan fingerprint density at radius 2 is 1.77 bits per heavy atom. The molecular weight excluding hydrogens is 394 g/mol. The smallest absolute Gasteiger partial charge is 0.338 e. The standard InChI is InChI=1S/C20H19N3O7/c1-26-15-8-5-13(9-16(15)27-2)19-22-18(30-23-19)11-29-20(25)12-3-6-14(7-4-12)28-10-17(21)24/h3-9H,10-11H2,1-2H3,(H2,21,24). The largest absolute Gasteiger partial charge is 0.493 e. The number of carbonyl (C=O) groups excluding carboxylic acids is 2. The zero-order valence-corrected chi connectivity index (χ0v) is 16.3. The average Bonchev–Trinajstić information content (AvgIpc) is 3.25. The van der Waals surface area contributed by atoms with Crippen molar-refractivity contribution in [1.29, 1.82) is 0 Å². The number of primary amides is 1. The normalized spacial score (nSPS) is 10.3. The fraction of sp³-hybridized carbons (Fsp3) is 0.200. The number of nitrogens with two attached hydrogens (primary N) is 1. The Kier molecular flexibility index (Phi) is 6.48. The molecule has 0 unspecified atom stereocenters. The molecule has 2 aromatic carbocycles. The zero-order chi connectivity index (χ0) is 21.5. The van der Waals surface area contributed by atoms with Crippen LogP contribution in [-0.4, -0.2) is 42.8 Å². The maximum Gasteiger partial charge on any atom is 0.338 e. The van der Waals surface area contributed by atoms with Gasteiger partial charge in [0, 0.05) is 5.56 Å². The molecule has 0 atom stereocenters. The molecule has 0 saturated heterocycles. The van der Waals surface area contributed by atoms with Crippen LogP contribution in [0.3, 0.4) is 0 Å². The number of ether oxygens (including phenoxy) is 4. The van der Waals surface area contributed by atoms with Crippen LogP contribution in [0.1, 0.15) is 16.2 Å². The van der Waals surface area contributed by atoms with Gasteiger partial charge in [0.05, 0.1) is 19.8 Å². The Bertz CT molecular complexity index is 1030. The molecule has 2 N–H and O–H groups in total. The molecule has 1 aromatic heterocycles. The molecule has 10 nitrogen and oxygen atoms in total. The lowest BCUT2D eigenvalue weighted by Crippen LogP contribution is -2.20. The van der Waals surface area contributed by atoms with Crippen LogP contribution in [0.15, 0.2) is 47.0 Å². The van der Waals surface area contributed by atoms with E-state index in [1.807, 2.05) is 0 Å². The molecule has 0 aliphatic carbocycles. The number of hydrogen-bond acceptors (Lipinski definition) is 9.